The summed E-state index contributed by atoms with van der Waals surface area (Å²) in [4.78, 5) is 8.60. The van der Waals surface area contributed by atoms with Gasteiger partial charge in [-0.05, 0) is 30.3 Å². The molecule has 3 heteroatoms. The van der Waals surface area contributed by atoms with Crippen LogP contribution in [0.3, 0.4) is 0 Å². The lowest BCUT2D eigenvalue weighted by atomic mass is 10.1. The molecule has 0 bridgehead atoms. The highest BCUT2D eigenvalue weighted by Crippen LogP contribution is 2.22. The third-order valence-electron chi connectivity index (χ3n) is 2.62. The van der Waals surface area contributed by atoms with E-state index in [0.717, 1.165) is 27.6 Å². The minimum Gasteiger partial charge on any atom is -0.497 e. The van der Waals surface area contributed by atoms with E-state index in [4.69, 9.17) is 4.74 Å². The number of nitrogens with zero attached hydrogens (tertiary/aromatic N) is 2. The second-order valence-corrected chi connectivity index (χ2v) is 3.62. The van der Waals surface area contributed by atoms with Crippen molar-refractivity contribution in [1.82, 2.24) is 9.97 Å². The molecule has 0 fully saturated rings. The summed E-state index contributed by atoms with van der Waals surface area (Å²) in [5, 5.41) is 2.17. The van der Waals surface area contributed by atoms with E-state index in [0.29, 0.717) is 0 Å². The van der Waals surface area contributed by atoms with E-state index in [9.17, 15) is 0 Å². The molecule has 16 heavy (non-hydrogen) atoms. The SMILES string of the molecule is COc1ccc2nc3cnccc3cc2c1. The Morgan fingerprint density at radius 3 is 2.81 bits per heavy atom. The first-order valence-corrected chi connectivity index (χ1v) is 5.05. The van der Waals surface area contributed by atoms with Gasteiger partial charge in [0.25, 0.3) is 0 Å². The van der Waals surface area contributed by atoms with Gasteiger partial charge in [-0.25, -0.2) is 4.98 Å². The summed E-state index contributed by atoms with van der Waals surface area (Å²) in [5.74, 6) is 0.850. The number of hydrogen-bond donors (Lipinski definition) is 0. The minimum atomic E-state index is 0.850. The second-order valence-electron chi connectivity index (χ2n) is 3.62. The van der Waals surface area contributed by atoms with E-state index in [1.807, 2.05) is 24.3 Å². The summed E-state index contributed by atoms with van der Waals surface area (Å²) in [6, 6.07) is 9.92. The molecule has 0 N–H and O–H groups in total. The Bertz CT molecular complexity index is 664. The van der Waals surface area contributed by atoms with Crippen molar-refractivity contribution in [2.45, 2.75) is 0 Å². The van der Waals surface area contributed by atoms with Gasteiger partial charge in [-0.15, -0.1) is 0 Å². The van der Waals surface area contributed by atoms with Crippen molar-refractivity contribution in [2.75, 3.05) is 7.11 Å². The highest BCUT2D eigenvalue weighted by atomic mass is 16.5. The highest BCUT2D eigenvalue weighted by molar-refractivity contribution is 5.92. The normalized spacial score (nSPS) is 10.8. The quantitative estimate of drug-likeness (QED) is 0.579. The Labute approximate surface area is 92.7 Å². The maximum Gasteiger partial charge on any atom is 0.119 e. The number of benzene rings is 1. The second kappa shape index (κ2) is 3.45. The topological polar surface area (TPSA) is 35.0 Å². The van der Waals surface area contributed by atoms with Crippen LogP contribution in [0, 0.1) is 0 Å². The van der Waals surface area contributed by atoms with E-state index in [2.05, 4.69) is 16.0 Å². The van der Waals surface area contributed by atoms with Crippen molar-refractivity contribution in [2.24, 2.45) is 0 Å². The number of methoxy groups -OCH3 is 1. The van der Waals surface area contributed by atoms with E-state index in [-0.39, 0.29) is 0 Å². The first-order chi connectivity index (χ1) is 7.86. The lowest BCUT2D eigenvalue weighted by molar-refractivity contribution is 0.415. The standard InChI is InChI=1S/C13H10N2O/c1-16-11-2-3-12-10(7-11)6-9-4-5-14-8-13(9)15-12/h2-8H,1H3. The number of aromatic nitrogens is 2. The predicted octanol–water partition coefficient (Wildman–Crippen LogP) is 2.79. The van der Waals surface area contributed by atoms with Crippen molar-refractivity contribution in [3.8, 4) is 5.75 Å². The zero-order valence-corrected chi connectivity index (χ0v) is 8.84. The molecule has 0 unspecified atom stereocenters. The van der Waals surface area contributed by atoms with Crippen LogP contribution in [0.2, 0.25) is 0 Å². The van der Waals surface area contributed by atoms with Crippen LogP contribution in [0.15, 0.2) is 42.7 Å². The maximum atomic E-state index is 5.19. The van der Waals surface area contributed by atoms with Crippen molar-refractivity contribution in [3.63, 3.8) is 0 Å². The number of rotatable bonds is 1. The number of hydrogen-bond acceptors (Lipinski definition) is 3. The maximum absolute atomic E-state index is 5.19. The minimum absolute atomic E-state index is 0.850. The van der Waals surface area contributed by atoms with Crippen LogP contribution in [-0.4, -0.2) is 17.1 Å². The molecule has 2 heterocycles. The number of ether oxygens (including phenoxy) is 1. The van der Waals surface area contributed by atoms with Crippen LogP contribution >= 0.6 is 0 Å². The summed E-state index contributed by atoms with van der Waals surface area (Å²) in [7, 11) is 1.67. The summed E-state index contributed by atoms with van der Waals surface area (Å²) in [5.41, 5.74) is 1.88. The summed E-state index contributed by atoms with van der Waals surface area (Å²) in [6.45, 7) is 0. The van der Waals surface area contributed by atoms with Gasteiger partial charge < -0.3 is 4.74 Å². The molecule has 3 rings (SSSR count). The summed E-state index contributed by atoms with van der Waals surface area (Å²) in [6.07, 6.45) is 3.55. The van der Waals surface area contributed by atoms with Crippen molar-refractivity contribution in [3.05, 3.63) is 42.7 Å². The van der Waals surface area contributed by atoms with Crippen LogP contribution in [0.4, 0.5) is 0 Å². The molecule has 3 aromatic rings. The Balaban J connectivity index is 2.37. The largest absolute Gasteiger partial charge is 0.497 e. The van der Waals surface area contributed by atoms with Crippen LogP contribution < -0.4 is 4.74 Å². The molecule has 0 saturated carbocycles. The van der Waals surface area contributed by atoms with Crippen LogP contribution in [-0.2, 0) is 0 Å². The van der Waals surface area contributed by atoms with Crippen molar-refractivity contribution < 1.29 is 4.74 Å². The Morgan fingerprint density at radius 1 is 1.00 bits per heavy atom. The van der Waals surface area contributed by atoms with E-state index in [1.54, 1.807) is 19.5 Å². The smallest absolute Gasteiger partial charge is 0.119 e. The molecule has 0 aliphatic carbocycles. The first-order valence-electron chi connectivity index (χ1n) is 5.05. The van der Waals surface area contributed by atoms with E-state index < -0.39 is 0 Å². The third-order valence-corrected chi connectivity index (χ3v) is 2.62. The van der Waals surface area contributed by atoms with Gasteiger partial charge >= 0.3 is 0 Å². The zero-order valence-electron chi connectivity index (χ0n) is 8.84. The van der Waals surface area contributed by atoms with Crippen LogP contribution in [0.5, 0.6) is 5.75 Å². The predicted molar refractivity (Wildman–Crippen MR) is 63.6 cm³/mol. The molecule has 0 atom stereocenters. The summed E-state index contributed by atoms with van der Waals surface area (Å²) >= 11 is 0. The molecule has 78 valence electrons. The molecule has 3 nitrogen and oxygen atoms in total. The molecule has 2 aromatic heterocycles. The fraction of sp³-hybridized carbons (Fsp3) is 0.0769. The van der Waals surface area contributed by atoms with Gasteiger partial charge in [-0.1, -0.05) is 0 Å². The van der Waals surface area contributed by atoms with Gasteiger partial charge in [0.15, 0.2) is 0 Å². The lowest BCUT2D eigenvalue weighted by Gasteiger charge is -2.03. The van der Waals surface area contributed by atoms with E-state index in [1.165, 1.54) is 0 Å². The van der Waals surface area contributed by atoms with Gasteiger partial charge in [-0.3, -0.25) is 4.98 Å². The molecule has 0 amide bonds. The molecule has 0 saturated heterocycles. The first kappa shape index (κ1) is 9.09. The van der Waals surface area contributed by atoms with Crippen molar-refractivity contribution >= 4 is 21.8 Å². The van der Waals surface area contributed by atoms with Gasteiger partial charge in [0.05, 0.1) is 24.3 Å². The average molecular weight is 210 g/mol. The summed E-state index contributed by atoms with van der Waals surface area (Å²) < 4.78 is 5.19. The number of pyridine rings is 2. The van der Waals surface area contributed by atoms with Gasteiger partial charge in [-0.2, -0.15) is 0 Å². The lowest BCUT2D eigenvalue weighted by Crippen LogP contribution is -1.86. The molecular formula is C13H10N2O. The monoisotopic (exact) mass is 210 g/mol. The molecule has 1 aromatic carbocycles. The van der Waals surface area contributed by atoms with Gasteiger partial charge in [0, 0.05) is 17.0 Å². The van der Waals surface area contributed by atoms with Gasteiger partial charge in [0.2, 0.25) is 0 Å². The fourth-order valence-corrected chi connectivity index (χ4v) is 1.79. The zero-order chi connectivity index (χ0) is 11.0. The Hall–Kier alpha value is -2.16. The Kier molecular flexibility index (Phi) is 1.96. The average Bonchev–Trinajstić information content (AvgIpc) is 2.35. The van der Waals surface area contributed by atoms with Crippen LogP contribution in [0.25, 0.3) is 21.8 Å². The molecular weight excluding hydrogens is 200 g/mol. The Morgan fingerprint density at radius 2 is 1.94 bits per heavy atom. The molecule has 0 aliphatic heterocycles. The van der Waals surface area contributed by atoms with E-state index >= 15 is 0 Å². The van der Waals surface area contributed by atoms with Crippen molar-refractivity contribution in [1.29, 1.82) is 0 Å². The highest BCUT2D eigenvalue weighted by Gasteiger charge is 2.00. The molecule has 0 aliphatic rings. The third kappa shape index (κ3) is 1.37. The van der Waals surface area contributed by atoms with Crippen LogP contribution in [0.1, 0.15) is 0 Å². The fourth-order valence-electron chi connectivity index (χ4n) is 1.79. The number of fused-ring (bicyclic) bond motifs is 2. The molecule has 0 radical (unpaired) electrons. The van der Waals surface area contributed by atoms with Gasteiger partial charge in [0.1, 0.15) is 5.75 Å². The molecule has 0 spiro atoms.